The molecule has 0 aliphatic carbocycles. The average Bonchev–Trinajstić information content (AvgIpc) is 2.81. The van der Waals surface area contributed by atoms with Crippen LogP contribution in [-0.4, -0.2) is 4.98 Å². The highest BCUT2D eigenvalue weighted by atomic mass is 14.7. The van der Waals surface area contributed by atoms with Crippen molar-refractivity contribution >= 4 is 21.5 Å². The van der Waals surface area contributed by atoms with Crippen molar-refractivity contribution in [3.63, 3.8) is 0 Å². The molecular formula is C32H31N. The van der Waals surface area contributed by atoms with Crippen molar-refractivity contribution in [1.82, 2.24) is 4.98 Å². The van der Waals surface area contributed by atoms with Gasteiger partial charge in [-0.15, -0.1) is 0 Å². The first kappa shape index (κ1) is 21.4. The van der Waals surface area contributed by atoms with E-state index in [4.69, 9.17) is 4.98 Å². The summed E-state index contributed by atoms with van der Waals surface area (Å²) < 4.78 is 0. The van der Waals surface area contributed by atoms with Gasteiger partial charge in [-0.3, -0.25) is 4.98 Å². The van der Waals surface area contributed by atoms with Gasteiger partial charge in [-0.05, 0) is 101 Å². The molecule has 5 rings (SSSR count). The lowest BCUT2D eigenvalue weighted by atomic mass is 9.83. The molecule has 0 N–H and O–H groups in total. The highest BCUT2D eigenvalue weighted by Gasteiger charge is 2.20. The maximum Gasteiger partial charge on any atom is 0.0786 e. The van der Waals surface area contributed by atoms with Crippen LogP contribution in [0, 0.1) is 27.7 Å². The van der Waals surface area contributed by atoms with Crippen LogP contribution in [-0.2, 0) is 0 Å². The van der Waals surface area contributed by atoms with Crippen LogP contribution in [0.5, 0.6) is 0 Å². The highest BCUT2D eigenvalue weighted by molar-refractivity contribution is 6.04. The van der Waals surface area contributed by atoms with E-state index in [1.165, 1.54) is 66.1 Å². The zero-order valence-corrected chi connectivity index (χ0v) is 20.5. The van der Waals surface area contributed by atoms with E-state index in [-0.39, 0.29) is 0 Å². The second-order valence-corrected chi connectivity index (χ2v) is 9.59. The summed E-state index contributed by atoms with van der Waals surface area (Å²) in [6.07, 6.45) is 1.97. The van der Waals surface area contributed by atoms with Gasteiger partial charge in [0.2, 0.25) is 0 Å². The van der Waals surface area contributed by atoms with Crippen LogP contribution in [0.15, 0.2) is 72.9 Å². The summed E-state index contributed by atoms with van der Waals surface area (Å²) in [6.45, 7) is 13.5. The van der Waals surface area contributed by atoms with Crippen molar-refractivity contribution in [2.24, 2.45) is 0 Å². The number of fused-ring (bicyclic) bond motifs is 2. The number of pyridine rings is 1. The van der Waals surface area contributed by atoms with E-state index >= 15 is 0 Å². The van der Waals surface area contributed by atoms with Crippen LogP contribution in [0.25, 0.3) is 43.9 Å². The number of hydrogen-bond donors (Lipinski definition) is 0. The van der Waals surface area contributed by atoms with E-state index in [2.05, 4.69) is 108 Å². The Morgan fingerprint density at radius 2 is 1.39 bits per heavy atom. The molecule has 4 aromatic carbocycles. The van der Waals surface area contributed by atoms with Crippen molar-refractivity contribution in [3.8, 4) is 22.4 Å². The maximum absolute atomic E-state index is 4.98. The third-order valence-electron chi connectivity index (χ3n) is 7.26. The Hall–Kier alpha value is -3.45. The van der Waals surface area contributed by atoms with Crippen molar-refractivity contribution < 1.29 is 0 Å². The van der Waals surface area contributed by atoms with Crippen molar-refractivity contribution in [3.05, 3.63) is 101 Å². The van der Waals surface area contributed by atoms with E-state index in [9.17, 15) is 0 Å². The molecule has 0 aliphatic rings. The van der Waals surface area contributed by atoms with Crippen LogP contribution in [0.4, 0.5) is 0 Å². The fourth-order valence-corrected chi connectivity index (χ4v) is 5.32. The standard InChI is InChI=1S/C32H31N/c1-19(2)28-18-25-15-16-33-32(29-17-24-12-8-10-14-27(24)21(4)22(29)5)30(25)23(6)31(28)26-13-9-7-11-20(26)3/h7-19H,1-6H3. The molecule has 33 heavy (non-hydrogen) atoms. The molecule has 1 aromatic heterocycles. The van der Waals surface area contributed by atoms with Gasteiger partial charge in [-0.2, -0.15) is 0 Å². The lowest BCUT2D eigenvalue weighted by molar-refractivity contribution is 0.869. The Morgan fingerprint density at radius 1 is 0.667 bits per heavy atom. The molecule has 0 bridgehead atoms. The van der Waals surface area contributed by atoms with Gasteiger partial charge in [-0.25, -0.2) is 0 Å². The lowest BCUT2D eigenvalue weighted by Gasteiger charge is -2.22. The predicted octanol–water partition coefficient (Wildman–Crippen LogP) is 9.08. The molecule has 0 amide bonds. The summed E-state index contributed by atoms with van der Waals surface area (Å²) in [4.78, 5) is 4.98. The minimum absolute atomic E-state index is 0.434. The second-order valence-electron chi connectivity index (χ2n) is 9.59. The first-order chi connectivity index (χ1) is 15.9. The summed E-state index contributed by atoms with van der Waals surface area (Å²) in [5, 5.41) is 5.12. The van der Waals surface area contributed by atoms with Crippen LogP contribution >= 0.6 is 0 Å². The van der Waals surface area contributed by atoms with Gasteiger partial charge >= 0.3 is 0 Å². The molecule has 1 heterocycles. The summed E-state index contributed by atoms with van der Waals surface area (Å²) >= 11 is 0. The van der Waals surface area contributed by atoms with E-state index in [0.717, 1.165) is 5.69 Å². The summed E-state index contributed by atoms with van der Waals surface area (Å²) in [5.74, 6) is 0.434. The fourth-order valence-electron chi connectivity index (χ4n) is 5.32. The third kappa shape index (κ3) is 3.43. The molecule has 0 radical (unpaired) electrons. The van der Waals surface area contributed by atoms with E-state index in [0.29, 0.717) is 5.92 Å². The van der Waals surface area contributed by atoms with Gasteiger partial charge in [0.05, 0.1) is 5.69 Å². The minimum atomic E-state index is 0.434. The number of aryl methyl sites for hydroxylation is 3. The summed E-state index contributed by atoms with van der Waals surface area (Å²) in [6, 6.07) is 24.3. The zero-order chi connectivity index (χ0) is 23.3. The number of rotatable bonds is 3. The second kappa shape index (κ2) is 8.15. The quantitative estimate of drug-likeness (QED) is 0.279. The summed E-state index contributed by atoms with van der Waals surface area (Å²) in [5.41, 5.74) is 11.7. The highest BCUT2D eigenvalue weighted by Crippen LogP contribution is 2.42. The first-order valence-corrected chi connectivity index (χ1v) is 11.9. The summed E-state index contributed by atoms with van der Waals surface area (Å²) in [7, 11) is 0. The molecular weight excluding hydrogens is 398 g/mol. The predicted molar refractivity (Wildman–Crippen MR) is 143 cm³/mol. The Balaban J connectivity index is 1.91. The number of aromatic nitrogens is 1. The van der Waals surface area contributed by atoms with Crippen molar-refractivity contribution in [1.29, 1.82) is 0 Å². The molecule has 1 heteroatoms. The minimum Gasteiger partial charge on any atom is -0.256 e. The van der Waals surface area contributed by atoms with Gasteiger partial charge in [0.15, 0.2) is 0 Å². The Morgan fingerprint density at radius 3 is 2.15 bits per heavy atom. The number of benzene rings is 4. The Bertz CT molecular complexity index is 1520. The Kier molecular flexibility index (Phi) is 5.29. The molecule has 0 spiro atoms. The zero-order valence-electron chi connectivity index (χ0n) is 20.5. The lowest BCUT2D eigenvalue weighted by Crippen LogP contribution is -2.01. The molecule has 1 nitrogen and oxygen atoms in total. The van der Waals surface area contributed by atoms with E-state index < -0.39 is 0 Å². The van der Waals surface area contributed by atoms with Crippen LogP contribution in [0.2, 0.25) is 0 Å². The van der Waals surface area contributed by atoms with Gasteiger partial charge in [0.1, 0.15) is 0 Å². The SMILES string of the molecule is Cc1ccccc1-c1c(C(C)C)cc2ccnc(-c3cc4ccccc4c(C)c3C)c2c1C. The molecule has 0 saturated carbocycles. The third-order valence-corrected chi connectivity index (χ3v) is 7.26. The van der Waals surface area contributed by atoms with Crippen LogP contribution in [0.1, 0.15) is 47.6 Å². The maximum atomic E-state index is 4.98. The van der Waals surface area contributed by atoms with Gasteiger partial charge in [-0.1, -0.05) is 68.4 Å². The van der Waals surface area contributed by atoms with Crippen LogP contribution < -0.4 is 0 Å². The number of hydrogen-bond acceptors (Lipinski definition) is 1. The van der Waals surface area contributed by atoms with E-state index in [1.54, 1.807) is 0 Å². The normalized spacial score (nSPS) is 11.6. The molecule has 0 aliphatic heterocycles. The molecule has 0 unspecified atom stereocenters. The molecule has 0 atom stereocenters. The average molecular weight is 430 g/mol. The Labute approximate surface area is 197 Å². The van der Waals surface area contributed by atoms with Gasteiger partial charge in [0, 0.05) is 17.1 Å². The topological polar surface area (TPSA) is 12.9 Å². The molecule has 164 valence electrons. The van der Waals surface area contributed by atoms with Crippen molar-refractivity contribution in [2.75, 3.05) is 0 Å². The van der Waals surface area contributed by atoms with Crippen molar-refractivity contribution in [2.45, 2.75) is 47.5 Å². The smallest absolute Gasteiger partial charge is 0.0786 e. The van der Waals surface area contributed by atoms with Gasteiger partial charge in [0.25, 0.3) is 0 Å². The fraction of sp³-hybridized carbons (Fsp3) is 0.219. The van der Waals surface area contributed by atoms with E-state index in [1.807, 2.05) is 6.20 Å². The van der Waals surface area contributed by atoms with Gasteiger partial charge < -0.3 is 0 Å². The number of nitrogens with zero attached hydrogens (tertiary/aromatic N) is 1. The molecule has 5 aromatic rings. The molecule has 0 fully saturated rings. The first-order valence-electron chi connectivity index (χ1n) is 11.9. The largest absolute Gasteiger partial charge is 0.256 e. The monoisotopic (exact) mass is 429 g/mol. The molecule has 0 saturated heterocycles. The van der Waals surface area contributed by atoms with Crippen LogP contribution in [0.3, 0.4) is 0 Å².